The molecule has 0 N–H and O–H groups in total. The summed E-state index contributed by atoms with van der Waals surface area (Å²) in [5, 5.41) is 0. The third kappa shape index (κ3) is 5.12. The molecule has 2 aromatic carbocycles. The van der Waals surface area contributed by atoms with Gasteiger partial charge in [0.05, 0.1) is 20.3 Å². The quantitative estimate of drug-likeness (QED) is 0.667. The number of ether oxygens (including phenoxy) is 2. The van der Waals surface area contributed by atoms with Crippen LogP contribution in [0.4, 0.5) is 5.69 Å². The van der Waals surface area contributed by atoms with Crippen LogP contribution in [0.1, 0.15) is 19.4 Å². The van der Waals surface area contributed by atoms with E-state index in [-0.39, 0.29) is 11.9 Å². The van der Waals surface area contributed by atoms with Crippen molar-refractivity contribution >= 4 is 11.6 Å². The van der Waals surface area contributed by atoms with Crippen molar-refractivity contribution in [1.82, 2.24) is 9.80 Å². The van der Waals surface area contributed by atoms with Crippen LogP contribution in [0.3, 0.4) is 0 Å². The molecule has 6 heteroatoms. The molecule has 1 heterocycles. The van der Waals surface area contributed by atoms with Crippen LogP contribution in [0.2, 0.25) is 0 Å². The van der Waals surface area contributed by atoms with E-state index in [9.17, 15) is 4.79 Å². The number of carbonyl (C=O) groups excluding carboxylic acids is 1. The third-order valence-electron chi connectivity index (χ3n) is 5.82. The van der Waals surface area contributed by atoms with Crippen LogP contribution in [-0.2, 0) is 11.3 Å². The number of nitrogens with zero attached hydrogens (tertiary/aromatic N) is 3. The van der Waals surface area contributed by atoms with Gasteiger partial charge in [0.1, 0.15) is 0 Å². The van der Waals surface area contributed by atoms with Gasteiger partial charge in [-0.05, 0) is 43.7 Å². The molecule has 6 nitrogen and oxygen atoms in total. The standard InChI is InChI=1S/C24H33N3O3/c1-5-27(21-9-7-6-8-10-21)24(28)19(2)26-15-13-25(14-16-26)18-20-11-12-22(29-3)23(17-20)30-4/h6-12,17,19H,5,13-16,18H2,1-4H3/t19-/m1/s1. The molecule has 0 aliphatic carbocycles. The van der Waals surface area contributed by atoms with Gasteiger partial charge < -0.3 is 14.4 Å². The van der Waals surface area contributed by atoms with E-state index in [4.69, 9.17) is 9.47 Å². The number of benzene rings is 2. The van der Waals surface area contributed by atoms with Gasteiger partial charge in [0.2, 0.25) is 5.91 Å². The Morgan fingerprint density at radius 3 is 2.27 bits per heavy atom. The molecule has 0 bridgehead atoms. The van der Waals surface area contributed by atoms with E-state index in [1.807, 2.05) is 61.2 Å². The highest BCUT2D eigenvalue weighted by atomic mass is 16.5. The minimum atomic E-state index is -0.131. The summed E-state index contributed by atoms with van der Waals surface area (Å²) in [6.45, 7) is 9.22. The van der Waals surface area contributed by atoms with Crippen LogP contribution in [0.25, 0.3) is 0 Å². The molecule has 0 aromatic heterocycles. The predicted octanol–water partition coefficient (Wildman–Crippen LogP) is 3.26. The van der Waals surface area contributed by atoms with Gasteiger partial charge in [-0.25, -0.2) is 0 Å². The summed E-state index contributed by atoms with van der Waals surface area (Å²) in [6.07, 6.45) is 0. The first-order chi connectivity index (χ1) is 14.6. The van der Waals surface area contributed by atoms with E-state index in [0.29, 0.717) is 6.54 Å². The molecule has 0 saturated carbocycles. The molecule has 1 amide bonds. The van der Waals surface area contributed by atoms with Crippen LogP contribution in [-0.4, -0.2) is 68.7 Å². The number of carbonyl (C=O) groups is 1. The van der Waals surface area contributed by atoms with E-state index in [2.05, 4.69) is 15.9 Å². The lowest BCUT2D eigenvalue weighted by atomic mass is 10.1. The fourth-order valence-corrected chi connectivity index (χ4v) is 4.00. The number of likely N-dealkylation sites (N-methyl/N-ethyl adjacent to an activating group) is 1. The predicted molar refractivity (Wildman–Crippen MR) is 120 cm³/mol. The smallest absolute Gasteiger partial charge is 0.244 e. The molecule has 162 valence electrons. The lowest BCUT2D eigenvalue weighted by Crippen LogP contribution is -2.54. The van der Waals surface area contributed by atoms with Crippen molar-refractivity contribution < 1.29 is 14.3 Å². The van der Waals surface area contributed by atoms with Gasteiger partial charge in [0, 0.05) is 45.0 Å². The zero-order chi connectivity index (χ0) is 21.5. The largest absolute Gasteiger partial charge is 0.493 e. The minimum Gasteiger partial charge on any atom is -0.493 e. The Hall–Kier alpha value is -2.57. The maximum atomic E-state index is 13.1. The zero-order valence-electron chi connectivity index (χ0n) is 18.5. The number of para-hydroxylation sites is 1. The molecular weight excluding hydrogens is 378 g/mol. The summed E-state index contributed by atoms with van der Waals surface area (Å²) >= 11 is 0. The number of rotatable bonds is 8. The number of hydrogen-bond donors (Lipinski definition) is 0. The Labute approximate surface area is 180 Å². The molecule has 1 saturated heterocycles. The summed E-state index contributed by atoms with van der Waals surface area (Å²) < 4.78 is 10.7. The monoisotopic (exact) mass is 411 g/mol. The number of piperazine rings is 1. The molecule has 1 fully saturated rings. The average Bonchev–Trinajstić information content (AvgIpc) is 2.80. The molecule has 0 spiro atoms. The first kappa shape index (κ1) is 22.1. The molecule has 1 atom stereocenters. The molecule has 0 radical (unpaired) electrons. The van der Waals surface area contributed by atoms with Crippen molar-refractivity contribution in [3.05, 3.63) is 54.1 Å². The molecule has 1 aliphatic rings. The Morgan fingerprint density at radius 1 is 1.00 bits per heavy atom. The number of anilines is 1. The molecular formula is C24H33N3O3. The highest BCUT2D eigenvalue weighted by Gasteiger charge is 2.29. The fraction of sp³-hybridized carbons (Fsp3) is 0.458. The van der Waals surface area contributed by atoms with Gasteiger partial charge in [0.25, 0.3) is 0 Å². The Kier molecular flexibility index (Phi) is 7.71. The van der Waals surface area contributed by atoms with Crippen molar-refractivity contribution in [2.75, 3.05) is 51.8 Å². The Balaban J connectivity index is 1.56. The maximum absolute atomic E-state index is 13.1. The van der Waals surface area contributed by atoms with Crippen LogP contribution in [0.15, 0.2) is 48.5 Å². The van der Waals surface area contributed by atoms with E-state index in [0.717, 1.165) is 49.9 Å². The molecule has 2 aromatic rings. The summed E-state index contributed by atoms with van der Waals surface area (Å²) in [5.74, 6) is 1.67. The second-order valence-corrected chi connectivity index (χ2v) is 7.60. The van der Waals surface area contributed by atoms with E-state index < -0.39 is 0 Å². The molecule has 30 heavy (non-hydrogen) atoms. The van der Waals surface area contributed by atoms with Crippen molar-refractivity contribution in [1.29, 1.82) is 0 Å². The molecule has 1 aliphatic heterocycles. The van der Waals surface area contributed by atoms with Crippen LogP contribution in [0, 0.1) is 0 Å². The van der Waals surface area contributed by atoms with Gasteiger partial charge in [0.15, 0.2) is 11.5 Å². The average molecular weight is 412 g/mol. The van der Waals surface area contributed by atoms with Gasteiger partial charge in [-0.1, -0.05) is 24.3 Å². The lowest BCUT2D eigenvalue weighted by molar-refractivity contribution is -0.124. The van der Waals surface area contributed by atoms with Gasteiger partial charge >= 0.3 is 0 Å². The maximum Gasteiger partial charge on any atom is 0.244 e. The number of amides is 1. The van der Waals surface area contributed by atoms with Crippen molar-refractivity contribution in [2.24, 2.45) is 0 Å². The SMILES string of the molecule is CCN(C(=O)[C@@H](C)N1CCN(Cc2ccc(OC)c(OC)c2)CC1)c1ccccc1. The summed E-state index contributed by atoms with van der Waals surface area (Å²) in [6, 6.07) is 15.9. The fourth-order valence-electron chi connectivity index (χ4n) is 4.00. The third-order valence-corrected chi connectivity index (χ3v) is 5.82. The first-order valence-electron chi connectivity index (χ1n) is 10.6. The van der Waals surface area contributed by atoms with Gasteiger partial charge in [-0.3, -0.25) is 14.6 Å². The van der Waals surface area contributed by atoms with E-state index >= 15 is 0 Å². The topological polar surface area (TPSA) is 45.3 Å². The highest BCUT2D eigenvalue weighted by Crippen LogP contribution is 2.28. The normalized spacial score (nSPS) is 16.1. The van der Waals surface area contributed by atoms with Crippen LogP contribution < -0.4 is 14.4 Å². The van der Waals surface area contributed by atoms with E-state index in [1.54, 1.807) is 14.2 Å². The second-order valence-electron chi connectivity index (χ2n) is 7.60. The summed E-state index contributed by atoms with van der Waals surface area (Å²) in [4.78, 5) is 19.7. The van der Waals surface area contributed by atoms with Gasteiger partial charge in [-0.2, -0.15) is 0 Å². The molecule has 0 unspecified atom stereocenters. The van der Waals surface area contributed by atoms with Crippen molar-refractivity contribution in [3.8, 4) is 11.5 Å². The van der Waals surface area contributed by atoms with Crippen molar-refractivity contribution in [2.45, 2.75) is 26.4 Å². The Bertz CT molecular complexity index is 820. The van der Waals surface area contributed by atoms with E-state index in [1.165, 1.54) is 5.56 Å². The summed E-state index contributed by atoms with van der Waals surface area (Å²) in [5.41, 5.74) is 2.16. The highest BCUT2D eigenvalue weighted by molar-refractivity contribution is 5.96. The minimum absolute atomic E-state index is 0.131. The van der Waals surface area contributed by atoms with Crippen LogP contribution in [0.5, 0.6) is 11.5 Å². The lowest BCUT2D eigenvalue weighted by Gasteiger charge is -2.39. The van der Waals surface area contributed by atoms with Crippen molar-refractivity contribution in [3.63, 3.8) is 0 Å². The van der Waals surface area contributed by atoms with Gasteiger partial charge in [-0.15, -0.1) is 0 Å². The zero-order valence-corrected chi connectivity index (χ0v) is 18.5. The Morgan fingerprint density at radius 2 is 1.67 bits per heavy atom. The molecule has 3 rings (SSSR count). The summed E-state index contributed by atoms with van der Waals surface area (Å²) in [7, 11) is 3.31. The number of methoxy groups -OCH3 is 2. The first-order valence-corrected chi connectivity index (χ1v) is 10.6. The van der Waals surface area contributed by atoms with Crippen LogP contribution >= 0.6 is 0 Å². The second kappa shape index (κ2) is 10.5. The number of hydrogen-bond acceptors (Lipinski definition) is 5.